The summed E-state index contributed by atoms with van der Waals surface area (Å²) in [7, 11) is 1.43. The highest BCUT2D eigenvalue weighted by Crippen LogP contribution is 2.19. The first-order valence-corrected chi connectivity index (χ1v) is 12.4. The fourth-order valence-electron chi connectivity index (χ4n) is 3.95. The zero-order valence-corrected chi connectivity index (χ0v) is 21.4. The smallest absolute Gasteiger partial charge is 0.332 e. The largest absolute Gasteiger partial charge is 0.492 e. The van der Waals surface area contributed by atoms with Gasteiger partial charge in [-0.1, -0.05) is 19.9 Å². The molecule has 0 aliphatic rings. The number of hydrogen-bond donors (Lipinski definition) is 1. The summed E-state index contributed by atoms with van der Waals surface area (Å²) in [5, 5.41) is 11.8. The molecule has 0 fully saturated rings. The molecule has 1 aromatic carbocycles. The summed E-state index contributed by atoms with van der Waals surface area (Å²) in [6, 6.07) is 10.9. The molecule has 0 saturated carbocycles. The normalized spacial score (nSPS) is 11.4. The lowest BCUT2D eigenvalue weighted by molar-refractivity contribution is 0.285. The zero-order chi connectivity index (χ0) is 26.2. The van der Waals surface area contributed by atoms with Crippen LogP contribution in [0.15, 0.2) is 58.4 Å². The Balaban J connectivity index is 1.46. The van der Waals surface area contributed by atoms with Crippen LogP contribution in [0.4, 0.5) is 0 Å². The Hall–Kier alpha value is -3.96. The molecule has 3 heterocycles. The van der Waals surface area contributed by atoms with Crippen LogP contribution in [0.5, 0.6) is 5.75 Å². The van der Waals surface area contributed by atoms with Gasteiger partial charge in [-0.2, -0.15) is 0 Å². The number of ether oxygens (including phenoxy) is 1. The van der Waals surface area contributed by atoms with Crippen molar-refractivity contribution < 1.29 is 4.74 Å². The van der Waals surface area contributed by atoms with E-state index in [9.17, 15) is 9.59 Å². The molecule has 0 saturated heterocycles. The summed E-state index contributed by atoms with van der Waals surface area (Å²) in [4.78, 5) is 36.5. The van der Waals surface area contributed by atoms with Crippen molar-refractivity contribution in [2.45, 2.75) is 20.4 Å². The Bertz CT molecular complexity index is 1430. The number of nitrogens with one attached hydrogen (secondary N) is 1. The highest BCUT2D eigenvalue weighted by atomic mass is 16.5. The van der Waals surface area contributed by atoms with Gasteiger partial charge in [-0.3, -0.25) is 18.9 Å². The SMILES string of the molecule is CCN(CC)CCNCCOc1ccc(-c2nnc3c(n2)c(=O)n(C)c(=O)n3Cc2cccnc2)cc1. The minimum absolute atomic E-state index is 0.0760. The van der Waals surface area contributed by atoms with Crippen LogP contribution < -0.4 is 21.3 Å². The van der Waals surface area contributed by atoms with E-state index >= 15 is 0 Å². The van der Waals surface area contributed by atoms with Crippen LogP contribution in [0, 0.1) is 0 Å². The summed E-state index contributed by atoms with van der Waals surface area (Å²) >= 11 is 0. The summed E-state index contributed by atoms with van der Waals surface area (Å²) < 4.78 is 8.23. The Labute approximate surface area is 214 Å². The van der Waals surface area contributed by atoms with Crippen molar-refractivity contribution in [1.29, 1.82) is 0 Å². The maximum absolute atomic E-state index is 12.8. The minimum atomic E-state index is -0.521. The molecule has 0 amide bonds. The molecule has 0 atom stereocenters. The van der Waals surface area contributed by atoms with E-state index in [0.29, 0.717) is 18.0 Å². The monoisotopic (exact) mass is 504 g/mol. The molecule has 0 aliphatic heterocycles. The molecule has 11 nitrogen and oxygen atoms in total. The molecule has 11 heteroatoms. The standard InChI is InChI=1S/C26H32N8O3/c1-4-33(5-2)15-13-27-14-16-37-21-10-8-20(9-11-21)23-29-22-24(31-30-23)34(26(36)32(3)25(22)35)18-19-7-6-12-28-17-19/h6-12,17,27H,4-5,13-16,18H2,1-3H3. The number of fused-ring (bicyclic) bond motifs is 1. The predicted molar refractivity (Wildman–Crippen MR) is 142 cm³/mol. The van der Waals surface area contributed by atoms with Crippen LogP contribution in [0.1, 0.15) is 19.4 Å². The molecule has 3 aromatic heterocycles. The van der Waals surface area contributed by atoms with Gasteiger partial charge >= 0.3 is 5.69 Å². The maximum atomic E-state index is 12.8. The lowest BCUT2D eigenvalue weighted by Gasteiger charge is -2.18. The molecule has 37 heavy (non-hydrogen) atoms. The second kappa shape index (κ2) is 12.3. The Morgan fingerprint density at radius 3 is 2.51 bits per heavy atom. The van der Waals surface area contributed by atoms with Crippen LogP contribution in [0.2, 0.25) is 0 Å². The first kappa shape index (κ1) is 26.1. The molecule has 4 rings (SSSR count). The maximum Gasteiger partial charge on any atom is 0.332 e. The zero-order valence-electron chi connectivity index (χ0n) is 21.4. The average molecular weight is 505 g/mol. The van der Waals surface area contributed by atoms with Crippen LogP contribution >= 0.6 is 0 Å². The van der Waals surface area contributed by atoms with Gasteiger partial charge in [0, 0.05) is 44.6 Å². The molecule has 0 spiro atoms. The average Bonchev–Trinajstić information content (AvgIpc) is 2.94. The number of nitrogens with zero attached hydrogens (tertiary/aromatic N) is 7. The first-order valence-electron chi connectivity index (χ1n) is 12.4. The summed E-state index contributed by atoms with van der Waals surface area (Å²) in [6.07, 6.45) is 3.31. The molecule has 0 bridgehead atoms. The van der Waals surface area contributed by atoms with Gasteiger partial charge in [0.05, 0.1) is 6.54 Å². The van der Waals surface area contributed by atoms with E-state index in [2.05, 4.69) is 44.2 Å². The van der Waals surface area contributed by atoms with Gasteiger partial charge in [-0.15, -0.1) is 10.2 Å². The van der Waals surface area contributed by atoms with Gasteiger partial charge in [0.1, 0.15) is 12.4 Å². The van der Waals surface area contributed by atoms with Crippen molar-refractivity contribution in [1.82, 2.24) is 39.5 Å². The van der Waals surface area contributed by atoms with Gasteiger partial charge in [-0.05, 0) is 49.0 Å². The van der Waals surface area contributed by atoms with Crippen molar-refractivity contribution in [3.63, 3.8) is 0 Å². The van der Waals surface area contributed by atoms with Crippen LogP contribution in [-0.2, 0) is 13.6 Å². The third-order valence-corrected chi connectivity index (χ3v) is 6.17. The van der Waals surface area contributed by atoms with E-state index in [-0.39, 0.29) is 17.7 Å². The second-order valence-electron chi connectivity index (χ2n) is 8.55. The van der Waals surface area contributed by atoms with Gasteiger partial charge in [0.2, 0.25) is 0 Å². The number of aromatic nitrogens is 6. The Kier molecular flexibility index (Phi) is 8.70. The highest BCUT2D eigenvalue weighted by molar-refractivity contribution is 5.71. The molecule has 194 valence electrons. The molecular formula is C26H32N8O3. The van der Waals surface area contributed by atoms with Crippen LogP contribution in [0.25, 0.3) is 22.6 Å². The number of pyridine rings is 1. The number of benzene rings is 1. The van der Waals surface area contributed by atoms with Crippen LogP contribution in [-0.4, -0.2) is 73.5 Å². The van der Waals surface area contributed by atoms with E-state index in [0.717, 1.165) is 48.6 Å². The molecule has 0 unspecified atom stereocenters. The minimum Gasteiger partial charge on any atom is -0.492 e. The van der Waals surface area contributed by atoms with Gasteiger partial charge in [0.15, 0.2) is 17.0 Å². The lowest BCUT2D eigenvalue weighted by Crippen LogP contribution is -2.39. The number of likely N-dealkylation sites (N-methyl/N-ethyl adjacent to an activating group) is 1. The van der Waals surface area contributed by atoms with E-state index in [1.807, 2.05) is 30.3 Å². The predicted octanol–water partition coefficient (Wildman–Crippen LogP) is 1.31. The van der Waals surface area contributed by atoms with Gasteiger partial charge in [-0.25, -0.2) is 9.78 Å². The number of rotatable bonds is 12. The van der Waals surface area contributed by atoms with Crippen molar-refractivity contribution >= 4 is 11.2 Å². The van der Waals surface area contributed by atoms with E-state index in [4.69, 9.17) is 4.74 Å². The summed E-state index contributed by atoms with van der Waals surface area (Å²) in [6.45, 7) is 9.88. The lowest BCUT2D eigenvalue weighted by atomic mass is 10.2. The van der Waals surface area contributed by atoms with Gasteiger partial charge < -0.3 is 15.0 Å². The Morgan fingerprint density at radius 2 is 1.81 bits per heavy atom. The quantitative estimate of drug-likeness (QED) is 0.285. The summed E-state index contributed by atoms with van der Waals surface area (Å²) in [5.74, 6) is 1.02. The molecule has 1 N–H and O–H groups in total. The third-order valence-electron chi connectivity index (χ3n) is 6.17. The van der Waals surface area contributed by atoms with Crippen molar-refractivity contribution in [3.05, 3.63) is 75.2 Å². The van der Waals surface area contributed by atoms with Crippen LogP contribution in [0.3, 0.4) is 0 Å². The molecule has 4 aromatic rings. The highest BCUT2D eigenvalue weighted by Gasteiger charge is 2.16. The first-order chi connectivity index (χ1) is 18.0. The van der Waals surface area contributed by atoms with E-state index in [1.54, 1.807) is 18.5 Å². The Morgan fingerprint density at radius 1 is 1.03 bits per heavy atom. The van der Waals surface area contributed by atoms with Crippen molar-refractivity contribution in [3.8, 4) is 17.1 Å². The topological polar surface area (TPSA) is 120 Å². The molecular weight excluding hydrogens is 472 g/mol. The fourth-order valence-corrected chi connectivity index (χ4v) is 3.95. The molecule has 0 aliphatic carbocycles. The van der Waals surface area contributed by atoms with Crippen molar-refractivity contribution in [2.24, 2.45) is 7.05 Å². The summed E-state index contributed by atoms with van der Waals surface area (Å²) in [5.41, 5.74) is 0.679. The van der Waals surface area contributed by atoms with E-state index in [1.165, 1.54) is 11.6 Å². The fraction of sp³-hybridized carbons (Fsp3) is 0.385. The van der Waals surface area contributed by atoms with E-state index < -0.39 is 11.2 Å². The van der Waals surface area contributed by atoms with Gasteiger partial charge in [0.25, 0.3) is 5.56 Å². The number of hydrogen-bond acceptors (Lipinski definition) is 9. The van der Waals surface area contributed by atoms with Crippen molar-refractivity contribution in [2.75, 3.05) is 39.3 Å². The third kappa shape index (κ3) is 6.25. The second-order valence-corrected chi connectivity index (χ2v) is 8.55. The molecule has 0 radical (unpaired) electrons.